The van der Waals surface area contributed by atoms with Crippen LogP contribution in [0.4, 0.5) is 0 Å². The van der Waals surface area contributed by atoms with E-state index in [9.17, 15) is 0 Å². The molecule has 0 aliphatic heterocycles. The van der Waals surface area contributed by atoms with Crippen molar-refractivity contribution < 1.29 is 4.74 Å². The van der Waals surface area contributed by atoms with Gasteiger partial charge in [0.05, 0.1) is 7.11 Å². The molecule has 0 fully saturated rings. The molecule has 3 rings (SSSR count). The van der Waals surface area contributed by atoms with Gasteiger partial charge in [0.15, 0.2) is 0 Å². The van der Waals surface area contributed by atoms with E-state index in [1.54, 1.807) is 7.11 Å². The van der Waals surface area contributed by atoms with Crippen molar-refractivity contribution in [3.05, 3.63) is 66.2 Å². The monoisotopic (exact) mass is 280 g/mol. The summed E-state index contributed by atoms with van der Waals surface area (Å²) in [5.74, 6) is 0.895. The van der Waals surface area contributed by atoms with Gasteiger partial charge in [0.2, 0.25) is 0 Å². The number of ether oxygens (including phenoxy) is 1. The molecule has 0 bridgehead atoms. The van der Waals surface area contributed by atoms with Gasteiger partial charge < -0.3 is 4.74 Å². The van der Waals surface area contributed by atoms with Crippen molar-refractivity contribution in [2.45, 2.75) is 6.92 Å². The van der Waals surface area contributed by atoms with Gasteiger partial charge in [-0.3, -0.25) is 0 Å². The summed E-state index contributed by atoms with van der Waals surface area (Å²) in [6.45, 7) is 2.17. The Hall–Kier alpha value is -2.06. The van der Waals surface area contributed by atoms with Gasteiger partial charge in [-0.2, -0.15) is 0 Å². The van der Waals surface area contributed by atoms with Crippen LogP contribution in [-0.2, 0) is 0 Å². The van der Waals surface area contributed by atoms with E-state index in [1.165, 1.54) is 26.4 Å². The van der Waals surface area contributed by atoms with Crippen molar-refractivity contribution in [2.24, 2.45) is 0 Å². The Morgan fingerprint density at radius 1 is 0.850 bits per heavy atom. The molecule has 3 aromatic rings. The van der Waals surface area contributed by atoms with Crippen LogP contribution in [0.1, 0.15) is 5.56 Å². The van der Waals surface area contributed by atoms with Crippen molar-refractivity contribution in [1.82, 2.24) is 0 Å². The second-order valence-electron chi connectivity index (χ2n) is 4.72. The molecule has 0 atom stereocenters. The van der Waals surface area contributed by atoms with Gasteiger partial charge in [-0.25, -0.2) is 0 Å². The summed E-state index contributed by atoms with van der Waals surface area (Å²) in [6, 6.07) is 21.0. The first-order valence-electron chi connectivity index (χ1n) is 6.58. The lowest BCUT2D eigenvalue weighted by atomic mass is 10.1. The molecule has 0 saturated heterocycles. The van der Waals surface area contributed by atoms with Crippen LogP contribution in [0.5, 0.6) is 5.75 Å². The number of aryl methyl sites for hydroxylation is 1. The van der Waals surface area contributed by atoms with Gasteiger partial charge in [0, 0.05) is 9.75 Å². The van der Waals surface area contributed by atoms with Crippen molar-refractivity contribution in [3.8, 4) is 26.6 Å². The zero-order valence-corrected chi connectivity index (χ0v) is 12.4. The Bertz CT molecular complexity index is 696. The predicted octanol–water partition coefficient (Wildman–Crippen LogP) is 5.40. The third kappa shape index (κ3) is 2.47. The quantitative estimate of drug-likeness (QED) is 0.624. The molecule has 1 nitrogen and oxygen atoms in total. The highest BCUT2D eigenvalue weighted by atomic mass is 32.1. The van der Waals surface area contributed by atoms with Crippen molar-refractivity contribution >= 4 is 11.3 Å². The molecule has 1 aromatic heterocycles. The number of thiophene rings is 1. The number of methoxy groups -OCH3 is 1. The largest absolute Gasteiger partial charge is 0.497 e. The minimum atomic E-state index is 0.895. The maximum atomic E-state index is 5.21. The van der Waals surface area contributed by atoms with Crippen LogP contribution >= 0.6 is 11.3 Å². The van der Waals surface area contributed by atoms with Gasteiger partial charge >= 0.3 is 0 Å². The van der Waals surface area contributed by atoms with E-state index in [4.69, 9.17) is 4.74 Å². The van der Waals surface area contributed by atoms with Gasteiger partial charge in [-0.05, 0) is 53.9 Å². The van der Waals surface area contributed by atoms with E-state index in [2.05, 4.69) is 49.4 Å². The average Bonchev–Trinajstić information content (AvgIpc) is 2.90. The summed E-state index contributed by atoms with van der Waals surface area (Å²) in [4.78, 5) is 2.64. The molecule has 0 amide bonds. The van der Waals surface area contributed by atoms with Crippen molar-refractivity contribution in [2.75, 3.05) is 7.11 Å². The molecule has 0 aliphatic rings. The Morgan fingerprint density at radius 3 is 2.20 bits per heavy atom. The second-order valence-corrected chi connectivity index (χ2v) is 5.77. The van der Waals surface area contributed by atoms with E-state index in [1.807, 2.05) is 29.5 Å². The minimum Gasteiger partial charge on any atom is -0.497 e. The fraction of sp³-hybridized carbons (Fsp3) is 0.111. The second kappa shape index (κ2) is 5.51. The topological polar surface area (TPSA) is 9.23 Å². The molecule has 2 aromatic carbocycles. The molecule has 2 heteroatoms. The van der Waals surface area contributed by atoms with E-state index >= 15 is 0 Å². The first kappa shape index (κ1) is 12.9. The Morgan fingerprint density at radius 2 is 1.55 bits per heavy atom. The summed E-state index contributed by atoms with van der Waals surface area (Å²) in [5, 5.41) is 0. The average molecular weight is 280 g/mol. The zero-order chi connectivity index (χ0) is 13.9. The third-order valence-corrected chi connectivity index (χ3v) is 4.66. The lowest BCUT2D eigenvalue weighted by molar-refractivity contribution is 0.415. The third-order valence-electron chi connectivity index (χ3n) is 3.33. The van der Waals surface area contributed by atoms with Crippen LogP contribution in [0.2, 0.25) is 0 Å². The minimum absolute atomic E-state index is 0.895. The highest BCUT2D eigenvalue weighted by molar-refractivity contribution is 7.19. The summed E-state index contributed by atoms with van der Waals surface area (Å²) in [5.41, 5.74) is 3.84. The van der Waals surface area contributed by atoms with Crippen LogP contribution in [0.25, 0.3) is 20.9 Å². The van der Waals surface area contributed by atoms with Crippen molar-refractivity contribution in [3.63, 3.8) is 0 Å². The Balaban J connectivity index is 2.00. The molecule has 1 heterocycles. The lowest BCUT2D eigenvalue weighted by Crippen LogP contribution is -1.82. The van der Waals surface area contributed by atoms with Crippen molar-refractivity contribution in [1.29, 1.82) is 0 Å². The van der Waals surface area contributed by atoms with E-state index in [0.29, 0.717) is 0 Å². The highest BCUT2D eigenvalue weighted by Gasteiger charge is 2.09. The summed E-state index contributed by atoms with van der Waals surface area (Å²) in [6.07, 6.45) is 0. The highest BCUT2D eigenvalue weighted by Crippen LogP contribution is 2.38. The molecule has 0 saturated carbocycles. The number of hydrogen-bond donors (Lipinski definition) is 0. The zero-order valence-electron chi connectivity index (χ0n) is 11.6. The SMILES string of the molecule is COc1ccc(-c2sc(-c3ccccc3)cc2C)cc1. The molecular formula is C18H16OS. The number of hydrogen-bond acceptors (Lipinski definition) is 2. The lowest BCUT2D eigenvalue weighted by Gasteiger charge is -2.02. The predicted molar refractivity (Wildman–Crippen MR) is 86.5 cm³/mol. The Kier molecular flexibility index (Phi) is 3.57. The molecule has 20 heavy (non-hydrogen) atoms. The van der Waals surface area contributed by atoms with E-state index in [-0.39, 0.29) is 0 Å². The van der Waals surface area contributed by atoms with Crippen LogP contribution in [0.3, 0.4) is 0 Å². The smallest absolute Gasteiger partial charge is 0.118 e. The van der Waals surface area contributed by atoms with E-state index in [0.717, 1.165) is 5.75 Å². The molecule has 0 aliphatic carbocycles. The first-order chi connectivity index (χ1) is 9.78. The van der Waals surface area contributed by atoms with Gasteiger partial charge in [-0.1, -0.05) is 30.3 Å². The fourth-order valence-electron chi connectivity index (χ4n) is 2.26. The molecule has 0 N–H and O–H groups in total. The molecular weight excluding hydrogens is 264 g/mol. The van der Waals surface area contributed by atoms with Crippen LogP contribution in [0, 0.1) is 6.92 Å². The molecule has 0 radical (unpaired) electrons. The normalized spacial score (nSPS) is 10.5. The number of rotatable bonds is 3. The summed E-state index contributed by atoms with van der Waals surface area (Å²) < 4.78 is 5.21. The van der Waals surface area contributed by atoms with Gasteiger partial charge in [0.1, 0.15) is 5.75 Å². The number of benzene rings is 2. The fourth-order valence-corrected chi connectivity index (χ4v) is 3.44. The molecule has 0 spiro atoms. The summed E-state index contributed by atoms with van der Waals surface area (Å²) in [7, 11) is 1.69. The molecule has 0 unspecified atom stereocenters. The Labute approximate surface area is 123 Å². The first-order valence-corrected chi connectivity index (χ1v) is 7.40. The summed E-state index contributed by atoms with van der Waals surface area (Å²) >= 11 is 1.84. The standard InChI is InChI=1S/C18H16OS/c1-13-12-17(14-6-4-3-5-7-14)20-18(13)15-8-10-16(19-2)11-9-15/h3-12H,1-2H3. The maximum Gasteiger partial charge on any atom is 0.118 e. The van der Waals surface area contributed by atoms with Crippen LogP contribution in [-0.4, -0.2) is 7.11 Å². The van der Waals surface area contributed by atoms with Crippen LogP contribution < -0.4 is 4.74 Å². The molecule has 100 valence electrons. The van der Waals surface area contributed by atoms with Gasteiger partial charge in [-0.15, -0.1) is 11.3 Å². The van der Waals surface area contributed by atoms with Crippen LogP contribution in [0.15, 0.2) is 60.7 Å². The van der Waals surface area contributed by atoms with Gasteiger partial charge in [0.25, 0.3) is 0 Å². The van der Waals surface area contributed by atoms with E-state index < -0.39 is 0 Å². The maximum absolute atomic E-state index is 5.21.